The molecule has 3 rings (SSSR count). The number of carbonyl (C=O) groups excluding carboxylic acids is 2. The van der Waals surface area contributed by atoms with Gasteiger partial charge in [-0.2, -0.15) is 0 Å². The van der Waals surface area contributed by atoms with E-state index in [9.17, 15) is 9.59 Å². The van der Waals surface area contributed by atoms with Crippen LogP contribution in [0.25, 0.3) is 0 Å². The van der Waals surface area contributed by atoms with Gasteiger partial charge in [0.05, 0.1) is 6.54 Å². The van der Waals surface area contributed by atoms with Gasteiger partial charge in [0, 0.05) is 51.4 Å². The van der Waals surface area contributed by atoms with Gasteiger partial charge in [-0.3, -0.25) is 19.4 Å². The van der Waals surface area contributed by atoms with Crippen LogP contribution in [0.3, 0.4) is 0 Å². The number of benzene rings is 2. The number of piperazine rings is 1. The van der Waals surface area contributed by atoms with Gasteiger partial charge in [0.15, 0.2) is 0 Å². The van der Waals surface area contributed by atoms with Crippen molar-refractivity contribution >= 4 is 17.5 Å². The summed E-state index contributed by atoms with van der Waals surface area (Å²) < 4.78 is 0. The smallest absolute Gasteiger partial charge is 0.241 e. The molecule has 1 fully saturated rings. The zero-order chi connectivity index (χ0) is 19.8. The molecular weight excluding hydrogens is 352 g/mol. The average Bonchev–Trinajstić information content (AvgIpc) is 2.71. The summed E-state index contributed by atoms with van der Waals surface area (Å²) >= 11 is 0. The number of hydrogen-bond donors (Lipinski definition) is 1. The third kappa shape index (κ3) is 5.90. The molecule has 1 aliphatic rings. The van der Waals surface area contributed by atoms with Gasteiger partial charge in [0.25, 0.3) is 0 Å². The fourth-order valence-corrected chi connectivity index (χ4v) is 3.45. The molecule has 2 N–H and O–H groups in total. The predicted molar refractivity (Wildman–Crippen MR) is 111 cm³/mol. The van der Waals surface area contributed by atoms with E-state index in [1.807, 2.05) is 36.4 Å². The Kier molecular flexibility index (Phi) is 7.17. The second-order valence-electron chi connectivity index (χ2n) is 7.14. The van der Waals surface area contributed by atoms with E-state index < -0.39 is 5.91 Å². The first-order chi connectivity index (χ1) is 13.6. The Morgan fingerprint density at radius 1 is 0.857 bits per heavy atom. The van der Waals surface area contributed by atoms with Gasteiger partial charge < -0.3 is 10.6 Å². The van der Waals surface area contributed by atoms with E-state index in [0.717, 1.165) is 38.4 Å². The van der Waals surface area contributed by atoms with Crippen LogP contribution in [0.1, 0.15) is 12.0 Å². The molecule has 1 aliphatic heterocycles. The maximum atomic E-state index is 12.9. The second kappa shape index (κ2) is 10.0. The molecule has 2 aromatic rings. The molecule has 6 heteroatoms. The minimum absolute atomic E-state index is 0.00367. The van der Waals surface area contributed by atoms with Crippen molar-refractivity contribution in [1.29, 1.82) is 0 Å². The van der Waals surface area contributed by atoms with Crippen molar-refractivity contribution in [3.63, 3.8) is 0 Å². The van der Waals surface area contributed by atoms with E-state index in [1.54, 1.807) is 4.90 Å². The third-order valence-corrected chi connectivity index (χ3v) is 5.02. The lowest BCUT2D eigenvalue weighted by atomic mass is 10.2. The van der Waals surface area contributed by atoms with Crippen molar-refractivity contribution in [2.45, 2.75) is 13.0 Å². The zero-order valence-electron chi connectivity index (χ0n) is 16.2. The monoisotopic (exact) mass is 380 g/mol. The summed E-state index contributed by atoms with van der Waals surface area (Å²) in [6.07, 6.45) is 0.158. The molecule has 0 spiro atoms. The molecule has 148 valence electrons. The lowest BCUT2D eigenvalue weighted by Crippen LogP contribution is -2.50. The largest absolute Gasteiger partial charge is 0.370 e. The summed E-state index contributed by atoms with van der Waals surface area (Å²) in [6, 6.07) is 19.9. The van der Waals surface area contributed by atoms with Crippen molar-refractivity contribution in [2.24, 2.45) is 5.73 Å². The quantitative estimate of drug-likeness (QED) is 0.757. The number of primary amides is 1. The van der Waals surface area contributed by atoms with Crippen LogP contribution in [-0.4, -0.2) is 60.9 Å². The van der Waals surface area contributed by atoms with Crippen molar-refractivity contribution in [1.82, 2.24) is 9.80 Å². The summed E-state index contributed by atoms with van der Waals surface area (Å²) in [5, 5.41) is 0. The fraction of sp³-hybridized carbons (Fsp3) is 0.364. The Bertz CT molecular complexity index is 759. The van der Waals surface area contributed by atoms with E-state index >= 15 is 0 Å². The Labute approximate surface area is 166 Å². The standard InChI is InChI=1S/C22H28N4O2/c23-21(27)11-12-26(20-9-5-2-6-10-20)22(28)18-25-15-13-24(14-16-25)17-19-7-3-1-4-8-19/h1-10H,11-18H2,(H2,23,27). The molecule has 6 nitrogen and oxygen atoms in total. The first-order valence-electron chi connectivity index (χ1n) is 9.74. The molecule has 0 aliphatic carbocycles. The molecule has 1 heterocycles. The molecule has 2 aromatic carbocycles. The molecule has 0 atom stereocenters. The number of rotatable bonds is 8. The SMILES string of the molecule is NC(=O)CCN(C(=O)CN1CCN(Cc2ccccc2)CC1)c1ccccc1. The van der Waals surface area contributed by atoms with E-state index in [0.29, 0.717) is 13.1 Å². The highest BCUT2D eigenvalue weighted by molar-refractivity contribution is 5.95. The van der Waals surface area contributed by atoms with Gasteiger partial charge in [-0.25, -0.2) is 0 Å². The number of carbonyl (C=O) groups is 2. The van der Waals surface area contributed by atoms with Crippen LogP contribution in [-0.2, 0) is 16.1 Å². The van der Waals surface area contributed by atoms with Crippen LogP contribution in [0.2, 0.25) is 0 Å². The maximum absolute atomic E-state index is 12.9. The van der Waals surface area contributed by atoms with Crippen LogP contribution in [0.5, 0.6) is 0 Å². The minimum Gasteiger partial charge on any atom is -0.370 e. The molecule has 0 saturated carbocycles. The molecule has 0 aromatic heterocycles. The lowest BCUT2D eigenvalue weighted by molar-refractivity contribution is -0.120. The van der Waals surface area contributed by atoms with Crippen molar-refractivity contribution < 1.29 is 9.59 Å². The highest BCUT2D eigenvalue weighted by Crippen LogP contribution is 2.15. The summed E-state index contributed by atoms with van der Waals surface area (Å²) in [5.41, 5.74) is 7.40. The normalized spacial score (nSPS) is 15.3. The van der Waals surface area contributed by atoms with Gasteiger partial charge in [-0.15, -0.1) is 0 Å². The fourth-order valence-electron chi connectivity index (χ4n) is 3.45. The zero-order valence-corrected chi connectivity index (χ0v) is 16.2. The Balaban J connectivity index is 1.53. The Hall–Kier alpha value is -2.70. The molecule has 1 saturated heterocycles. The molecule has 2 amide bonds. The third-order valence-electron chi connectivity index (χ3n) is 5.02. The Morgan fingerprint density at radius 2 is 1.43 bits per heavy atom. The van der Waals surface area contributed by atoms with E-state index in [-0.39, 0.29) is 12.3 Å². The first kappa shape index (κ1) is 20.0. The topological polar surface area (TPSA) is 69.9 Å². The minimum atomic E-state index is -0.400. The van der Waals surface area contributed by atoms with Crippen LogP contribution in [0, 0.1) is 0 Å². The number of amides is 2. The van der Waals surface area contributed by atoms with Gasteiger partial charge in [0.1, 0.15) is 0 Å². The number of nitrogens with two attached hydrogens (primary N) is 1. The summed E-state index contributed by atoms with van der Waals surface area (Å²) in [7, 11) is 0. The highest BCUT2D eigenvalue weighted by Gasteiger charge is 2.23. The summed E-state index contributed by atoms with van der Waals surface area (Å²) in [5.74, 6) is -0.396. The first-order valence-corrected chi connectivity index (χ1v) is 9.74. The molecule has 0 bridgehead atoms. The van der Waals surface area contributed by atoms with Gasteiger partial charge in [-0.05, 0) is 17.7 Å². The summed E-state index contributed by atoms with van der Waals surface area (Å²) in [6.45, 7) is 5.20. The number of anilines is 1. The van der Waals surface area contributed by atoms with Crippen molar-refractivity contribution in [2.75, 3.05) is 44.2 Å². The van der Waals surface area contributed by atoms with Crippen molar-refractivity contribution in [3.8, 4) is 0 Å². The molecule has 0 unspecified atom stereocenters. The van der Waals surface area contributed by atoms with Crippen molar-refractivity contribution in [3.05, 3.63) is 66.2 Å². The maximum Gasteiger partial charge on any atom is 0.241 e. The van der Waals surface area contributed by atoms with Gasteiger partial charge in [-0.1, -0.05) is 48.5 Å². The number of hydrogen-bond acceptors (Lipinski definition) is 4. The highest BCUT2D eigenvalue weighted by atomic mass is 16.2. The molecular formula is C22H28N4O2. The van der Waals surface area contributed by atoms with E-state index in [1.165, 1.54) is 5.56 Å². The number of para-hydroxylation sites is 1. The predicted octanol–water partition coefficient (Wildman–Crippen LogP) is 1.71. The lowest BCUT2D eigenvalue weighted by Gasteiger charge is -2.35. The molecule has 28 heavy (non-hydrogen) atoms. The summed E-state index contributed by atoms with van der Waals surface area (Å²) in [4.78, 5) is 30.4. The van der Waals surface area contributed by atoms with Gasteiger partial charge >= 0.3 is 0 Å². The van der Waals surface area contributed by atoms with Crippen LogP contribution in [0.4, 0.5) is 5.69 Å². The average molecular weight is 380 g/mol. The van der Waals surface area contributed by atoms with Crippen LogP contribution >= 0.6 is 0 Å². The number of nitrogens with zero attached hydrogens (tertiary/aromatic N) is 3. The van der Waals surface area contributed by atoms with Gasteiger partial charge in [0.2, 0.25) is 11.8 Å². The van der Waals surface area contributed by atoms with E-state index in [2.05, 4.69) is 34.1 Å². The van der Waals surface area contributed by atoms with Crippen LogP contribution in [0.15, 0.2) is 60.7 Å². The Morgan fingerprint density at radius 3 is 2.04 bits per heavy atom. The van der Waals surface area contributed by atoms with E-state index in [4.69, 9.17) is 5.73 Å². The van der Waals surface area contributed by atoms with Crippen LogP contribution < -0.4 is 10.6 Å². The second-order valence-corrected chi connectivity index (χ2v) is 7.14. The molecule has 0 radical (unpaired) electrons.